The Bertz CT molecular complexity index is 460. The molecule has 0 amide bonds. The lowest BCUT2D eigenvalue weighted by molar-refractivity contribution is 0.143. The van der Waals surface area contributed by atoms with Gasteiger partial charge in [0.2, 0.25) is 0 Å². The van der Waals surface area contributed by atoms with Gasteiger partial charge < -0.3 is 15.4 Å². The number of guanidine groups is 1. The molecule has 0 unspecified atom stereocenters. The highest BCUT2D eigenvalue weighted by molar-refractivity contribution is 14.0. The Morgan fingerprint density at radius 3 is 2.73 bits per heavy atom. The lowest BCUT2D eigenvalue weighted by Gasteiger charge is -2.12. The summed E-state index contributed by atoms with van der Waals surface area (Å²) in [5, 5.41) is 7.27. The SMILES string of the molecule is CCOCCCCNC(=NC)NCc1ccc(Br)cc1Cl.I. The number of nitrogens with zero attached hydrogens (tertiary/aromatic N) is 1. The minimum absolute atomic E-state index is 0. The molecule has 4 nitrogen and oxygen atoms in total. The third-order valence-electron chi connectivity index (χ3n) is 2.90. The summed E-state index contributed by atoms with van der Waals surface area (Å²) in [4.78, 5) is 4.20. The van der Waals surface area contributed by atoms with Crippen molar-refractivity contribution in [3.05, 3.63) is 33.3 Å². The first-order valence-corrected chi connectivity index (χ1v) is 8.30. The van der Waals surface area contributed by atoms with Crippen molar-refractivity contribution in [2.45, 2.75) is 26.3 Å². The van der Waals surface area contributed by atoms with Crippen LogP contribution in [0.5, 0.6) is 0 Å². The highest BCUT2D eigenvalue weighted by atomic mass is 127. The molecule has 0 radical (unpaired) electrons. The predicted octanol–water partition coefficient (Wildman–Crippen LogP) is 4.20. The van der Waals surface area contributed by atoms with Crippen molar-refractivity contribution in [2.75, 3.05) is 26.8 Å². The molecule has 1 aromatic carbocycles. The van der Waals surface area contributed by atoms with Crippen molar-refractivity contribution in [1.82, 2.24) is 10.6 Å². The minimum Gasteiger partial charge on any atom is -0.382 e. The second kappa shape index (κ2) is 13.4. The van der Waals surface area contributed by atoms with E-state index in [1.54, 1.807) is 7.05 Å². The van der Waals surface area contributed by atoms with Crippen molar-refractivity contribution >= 4 is 57.5 Å². The van der Waals surface area contributed by atoms with E-state index in [-0.39, 0.29) is 24.0 Å². The smallest absolute Gasteiger partial charge is 0.191 e. The van der Waals surface area contributed by atoms with E-state index in [2.05, 4.69) is 31.6 Å². The van der Waals surface area contributed by atoms with E-state index in [4.69, 9.17) is 16.3 Å². The highest BCUT2D eigenvalue weighted by Gasteiger charge is 2.02. The fourth-order valence-corrected chi connectivity index (χ4v) is 2.49. The molecule has 0 aliphatic heterocycles. The summed E-state index contributed by atoms with van der Waals surface area (Å²) < 4.78 is 6.28. The lowest BCUT2D eigenvalue weighted by Crippen LogP contribution is -2.37. The van der Waals surface area contributed by atoms with Crippen LogP contribution in [0, 0.1) is 0 Å². The monoisotopic (exact) mass is 503 g/mol. The maximum Gasteiger partial charge on any atom is 0.191 e. The Balaban J connectivity index is 0.00000441. The first kappa shape index (κ1) is 21.9. The molecular weight excluding hydrogens is 480 g/mol. The van der Waals surface area contributed by atoms with Crippen molar-refractivity contribution in [2.24, 2.45) is 4.99 Å². The van der Waals surface area contributed by atoms with E-state index < -0.39 is 0 Å². The van der Waals surface area contributed by atoms with Crippen LogP contribution < -0.4 is 10.6 Å². The van der Waals surface area contributed by atoms with Gasteiger partial charge in [-0.05, 0) is 37.5 Å². The number of halogens is 3. The molecule has 22 heavy (non-hydrogen) atoms. The molecule has 0 bridgehead atoms. The standard InChI is InChI=1S/C15H23BrClN3O.HI/c1-3-21-9-5-4-8-19-15(18-2)20-11-12-6-7-13(16)10-14(12)17;/h6-7,10H,3-5,8-9,11H2,1-2H3,(H2,18,19,20);1H. The number of rotatable bonds is 8. The third-order valence-corrected chi connectivity index (χ3v) is 3.74. The highest BCUT2D eigenvalue weighted by Crippen LogP contribution is 2.21. The maximum atomic E-state index is 6.19. The average molecular weight is 505 g/mol. The van der Waals surface area contributed by atoms with Crippen LogP contribution in [0.3, 0.4) is 0 Å². The summed E-state index contributed by atoms with van der Waals surface area (Å²) in [5.41, 5.74) is 1.04. The van der Waals surface area contributed by atoms with E-state index in [9.17, 15) is 0 Å². The van der Waals surface area contributed by atoms with Crippen molar-refractivity contribution in [3.63, 3.8) is 0 Å². The third kappa shape index (κ3) is 9.17. The first-order chi connectivity index (χ1) is 10.2. The molecule has 0 spiro atoms. The van der Waals surface area contributed by atoms with E-state index >= 15 is 0 Å². The number of hydrogen-bond acceptors (Lipinski definition) is 2. The topological polar surface area (TPSA) is 45.6 Å². The zero-order chi connectivity index (χ0) is 15.5. The van der Waals surface area contributed by atoms with Gasteiger partial charge in [-0.15, -0.1) is 24.0 Å². The zero-order valence-corrected chi connectivity index (χ0v) is 17.7. The predicted molar refractivity (Wildman–Crippen MR) is 108 cm³/mol. The van der Waals surface area contributed by atoms with Gasteiger partial charge in [0.15, 0.2) is 5.96 Å². The normalized spacial score (nSPS) is 11.0. The molecule has 0 heterocycles. The van der Waals surface area contributed by atoms with Crippen LogP contribution in [0.15, 0.2) is 27.7 Å². The van der Waals surface area contributed by atoms with Crippen LogP contribution in [0.25, 0.3) is 0 Å². The van der Waals surface area contributed by atoms with Crippen LogP contribution in [0.4, 0.5) is 0 Å². The molecule has 2 N–H and O–H groups in total. The molecule has 0 saturated heterocycles. The van der Waals surface area contributed by atoms with Gasteiger partial charge in [-0.25, -0.2) is 0 Å². The van der Waals surface area contributed by atoms with E-state index in [1.165, 1.54) is 0 Å². The summed E-state index contributed by atoms with van der Waals surface area (Å²) in [7, 11) is 1.76. The summed E-state index contributed by atoms with van der Waals surface area (Å²) in [6.45, 7) is 5.13. The van der Waals surface area contributed by atoms with Gasteiger partial charge >= 0.3 is 0 Å². The molecule has 0 aromatic heterocycles. The Morgan fingerprint density at radius 2 is 2.09 bits per heavy atom. The van der Waals surface area contributed by atoms with Gasteiger partial charge in [-0.3, -0.25) is 4.99 Å². The molecule has 126 valence electrons. The van der Waals surface area contributed by atoms with Crippen LogP contribution in [-0.2, 0) is 11.3 Å². The Labute approximate surface area is 163 Å². The fourth-order valence-electron chi connectivity index (χ4n) is 1.74. The number of nitrogens with one attached hydrogen (secondary N) is 2. The molecule has 0 atom stereocenters. The lowest BCUT2D eigenvalue weighted by atomic mass is 10.2. The molecule has 7 heteroatoms. The molecule has 1 aromatic rings. The Kier molecular flexibility index (Phi) is 13.4. The molecule has 0 fully saturated rings. The molecule has 1 rings (SSSR count). The van der Waals surface area contributed by atoms with Gasteiger partial charge in [0.1, 0.15) is 0 Å². The second-order valence-electron chi connectivity index (χ2n) is 4.49. The van der Waals surface area contributed by atoms with Crippen molar-refractivity contribution in [3.8, 4) is 0 Å². The number of hydrogen-bond donors (Lipinski definition) is 2. The van der Waals surface area contributed by atoms with E-state index in [0.29, 0.717) is 6.54 Å². The van der Waals surface area contributed by atoms with E-state index in [0.717, 1.165) is 53.6 Å². The molecule has 0 aliphatic rings. The summed E-state index contributed by atoms with van der Waals surface area (Å²) in [6.07, 6.45) is 2.11. The largest absolute Gasteiger partial charge is 0.382 e. The van der Waals surface area contributed by atoms with Gasteiger partial charge in [0, 0.05) is 42.8 Å². The summed E-state index contributed by atoms with van der Waals surface area (Å²) in [5.74, 6) is 0.783. The fraction of sp³-hybridized carbons (Fsp3) is 0.533. The molecule has 0 saturated carbocycles. The second-order valence-corrected chi connectivity index (χ2v) is 5.82. The summed E-state index contributed by atoms with van der Waals surface area (Å²) in [6, 6.07) is 5.87. The zero-order valence-electron chi connectivity index (χ0n) is 13.0. The summed E-state index contributed by atoms with van der Waals surface area (Å²) >= 11 is 9.59. The van der Waals surface area contributed by atoms with E-state index in [1.807, 2.05) is 25.1 Å². The van der Waals surface area contributed by atoms with Gasteiger partial charge in [0.05, 0.1) is 0 Å². The number of unbranched alkanes of at least 4 members (excludes halogenated alkanes) is 1. The average Bonchev–Trinajstić information content (AvgIpc) is 2.47. The molecular formula is C15H24BrClIN3O. The van der Waals surface area contributed by atoms with Crippen LogP contribution in [0.2, 0.25) is 5.02 Å². The van der Waals surface area contributed by atoms with Crippen molar-refractivity contribution < 1.29 is 4.74 Å². The number of aliphatic imine (C=N–C) groups is 1. The van der Waals surface area contributed by atoms with Crippen LogP contribution >= 0.6 is 51.5 Å². The number of benzene rings is 1. The van der Waals surface area contributed by atoms with Gasteiger partial charge in [-0.1, -0.05) is 33.6 Å². The minimum atomic E-state index is 0. The van der Waals surface area contributed by atoms with Crippen molar-refractivity contribution in [1.29, 1.82) is 0 Å². The van der Waals surface area contributed by atoms with Gasteiger partial charge in [-0.2, -0.15) is 0 Å². The first-order valence-electron chi connectivity index (χ1n) is 7.13. The Hall–Kier alpha value is -0.0500. The van der Waals surface area contributed by atoms with Crippen LogP contribution in [0.1, 0.15) is 25.3 Å². The van der Waals surface area contributed by atoms with Crippen LogP contribution in [-0.4, -0.2) is 32.8 Å². The Morgan fingerprint density at radius 1 is 1.32 bits per heavy atom. The maximum absolute atomic E-state index is 6.19. The number of ether oxygens (including phenoxy) is 1. The quantitative estimate of drug-likeness (QED) is 0.241. The molecule has 0 aliphatic carbocycles. The van der Waals surface area contributed by atoms with Gasteiger partial charge in [0.25, 0.3) is 0 Å².